The van der Waals surface area contributed by atoms with Gasteiger partial charge in [-0.15, -0.1) is 11.8 Å². The Labute approximate surface area is 86.8 Å². The third-order valence-corrected chi connectivity index (χ3v) is 3.04. The second-order valence-electron chi connectivity index (χ2n) is 2.71. The SMILES string of the molecule is CCC(SCc1ncccn1)C(=O)O. The van der Waals surface area contributed by atoms with Gasteiger partial charge in [0, 0.05) is 12.4 Å². The summed E-state index contributed by atoms with van der Waals surface area (Å²) < 4.78 is 0. The maximum Gasteiger partial charge on any atom is 0.316 e. The van der Waals surface area contributed by atoms with Crippen LogP contribution in [-0.4, -0.2) is 26.3 Å². The number of nitrogens with zero attached hydrogens (tertiary/aromatic N) is 2. The fourth-order valence-electron chi connectivity index (χ4n) is 0.943. The Kier molecular flexibility index (Phi) is 4.39. The van der Waals surface area contributed by atoms with Crippen LogP contribution in [0, 0.1) is 0 Å². The number of thioether (sulfide) groups is 1. The summed E-state index contributed by atoms with van der Waals surface area (Å²) in [5, 5.41) is 8.43. The van der Waals surface area contributed by atoms with Crippen LogP contribution >= 0.6 is 11.8 Å². The van der Waals surface area contributed by atoms with Crippen molar-refractivity contribution in [2.24, 2.45) is 0 Å². The molecule has 5 heteroatoms. The molecule has 1 aromatic heterocycles. The Balaban J connectivity index is 2.44. The monoisotopic (exact) mass is 212 g/mol. The molecule has 1 heterocycles. The largest absolute Gasteiger partial charge is 0.480 e. The molecule has 0 bridgehead atoms. The minimum absolute atomic E-state index is 0.362. The van der Waals surface area contributed by atoms with Crippen LogP contribution in [0.15, 0.2) is 18.5 Å². The third-order valence-electron chi connectivity index (χ3n) is 1.68. The fraction of sp³-hybridized carbons (Fsp3) is 0.444. The second-order valence-corrected chi connectivity index (χ2v) is 3.90. The van der Waals surface area contributed by atoms with Crippen LogP contribution in [0.3, 0.4) is 0 Å². The Bertz CT molecular complexity index is 292. The van der Waals surface area contributed by atoms with Gasteiger partial charge >= 0.3 is 5.97 Å². The minimum Gasteiger partial charge on any atom is -0.480 e. The van der Waals surface area contributed by atoms with Gasteiger partial charge in [-0.25, -0.2) is 9.97 Å². The van der Waals surface area contributed by atoms with E-state index in [4.69, 9.17) is 5.11 Å². The summed E-state index contributed by atoms with van der Waals surface area (Å²) in [6.07, 6.45) is 3.93. The first kappa shape index (κ1) is 11.0. The number of hydrogen-bond donors (Lipinski definition) is 1. The predicted octanol–water partition coefficient (Wildman–Crippen LogP) is 1.57. The molecule has 0 amide bonds. The first-order valence-corrected chi connectivity index (χ1v) is 5.39. The van der Waals surface area contributed by atoms with Crippen LogP contribution in [0.25, 0.3) is 0 Å². The summed E-state index contributed by atoms with van der Waals surface area (Å²) in [5.41, 5.74) is 0. The van der Waals surface area contributed by atoms with Crippen molar-refractivity contribution in [2.75, 3.05) is 0 Å². The lowest BCUT2D eigenvalue weighted by Gasteiger charge is -2.07. The molecule has 0 radical (unpaired) electrons. The molecule has 0 aromatic carbocycles. The van der Waals surface area contributed by atoms with E-state index in [9.17, 15) is 4.79 Å². The lowest BCUT2D eigenvalue weighted by Crippen LogP contribution is -2.15. The Morgan fingerprint density at radius 1 is 1.57 bits per heavy atom. The van der Waals surface area contributed by atoms with Crippen molar-refractivity contribution in [3.63, 3.8) is 0 Å². The van der Waals surface area contributed by atoms with Gasteiger partial charge in [-0.1, -0.05) is 6.92 Å². The van der Waals surface area contributed by atoms with E-state index in [2.05, 4.69) is 9.97 Å². The van der Waals surface area contributed by atoms with Crippen molar-refractivity contribution < 1.29 is 9.90 Å². The highest BCUT2D eigenvalue weighted by molar-refractivity contribution is 7.99. The molecule has 14 heavy (non-hydrogen) atoms. The van der Waals surface area contributed by atoms with E-state index < -0.39 is 5.97 Å². The molecule has 1 N–H and O–H groups in total. The highest BCUT2D eigenvalue weighted by atomic mass is 32.2. The van der Waals surface area contributed by atoms with Gasteiger partial charge in [-0.3, -0.25) is 4.79 Å². The van der Waals surface area contributed by atoms with Crippen molar-refractivity contribution in [3.8, 4) is 0 Å². The number of aromatic nitrogens is 2. The number of hydrogen-bond acceptors (Lipinski definition) is 4. The molecule has 1 unspecified atom stereocenters. The van der Waals surface area contributed by atoms with Gasteiger partial charge in [0.25, 0.3) is 0 Å². The standard InChI is InChI=1S/C9H12N2O2S/c1-2-7(9(12)13)14-6-8-10-4-3-5-11-8/h3-5,7H,2,6H2,1H3,(H,12,13). The molecule has 0 saturated carbocycles. The molecule has 0 spiro atoms. The van der Waals surface area contributed by atoms with Gasteiger partial charge in [-0.05, 0) is 12.5 Å². The third kappa shape index (κ3) is 3.33. The van der Waals surface area contributed by atoms with E-state index in [1.165, 1.54) is 11.8 Å². The molecule has 0 aliphatic rings. The van der Waals surface area contributed by atoms with Crippen molar-refractivity contribution in [1.82, 2.24) is 9.97 Å². The Morgan fingerprint density at radius 3 is 2.71 bits per heavy atom. The van der Waals surface area contributed by atoms with Crippen LogP contribution < -0.4 is 0 Å². The molecule has 1 atom stereocenters. The van der Waals surface area contributed by atoms with Crippen molar-refractivity contribution in [2.45, 2.75) is 24.3 Å². The number of aliphatic carboxylic acids is 1. The van der Waals surface area contributed by atoms with Gasteiger partial charge in [0.1, 0.15) is 11.1 Å². The fourth-order valence-corrected chi connectivity index (χ4v) is 1.82. The molecule has 1 rings (SSSR count). The number of carboxylic acid groups (broad SMARTS) is 1. The maximum absolute atomic E-state index is 10.7. The first-order chi connectivity index (χ1) is 6.74. The van der Waals surface area contributed by atoms with Gasteiger partial charge in [-0.2, -0.15) is 0 Å². The normalized spacial score (nSPS) is 12.4. The molecule has 76 valence electrons. The lowest BCUT2D eigenvalue weighted by atomic mass is 10.3. The quantitative estimate of drug-likeness (QED) is 0.802. The van der Waals surface area contributed by atoms with Crippen LogP contribution in [0.5, 0.6) is 0 Å². The summed E-state index contributed by atoms with van der Waals surface area (Å²) in [7, 11) is 0. The number of carboxylic acids is 1. The summed E-state index contributed by atoms with van der Waals surface area (Å²) in [6.45, 7) is 1.86. The molecule has 0 saturated heterocycles. The van der Waals surface area contributed by atoms with E-state index in [0.29, 0.717) is 18.0 Å². The molecule has 4 nitrogen and oxygen atoms in total. The van der Waals surface area contributed by atoms with E-state index in [1.54, 1.807) is 18.5 Å². The van der Waals surface area contributed by atoms with Crippen molar-refractivity contribution >= 4 is 17.7 Å². The van der Waals surface area contributed by atoms with E-state index >= 15 is 0 Å². The summed E-state index contributed by atoms with van der Waals surface area (Å²) in [4.78, 5) is 18.7. The lowest BCUT2D eigenvalue weighted by molar-refractivity contribution is -0.136. The van der Waals surface area contributed by atoms with Crippen LogP contribution in [0.4, 0.5) is 0 Å². The van der Waals surface area contributed by atoms with Crippen molar-refractivity contribution in [3.05, 3.63) is 24.3 Å². The molecule has 0 aliphatic carbocycles. The zero-order chi connectivity index (χ0) is 10.4. The summed E-state index contributed by atoms with van der Waals surface area (Å²) in [6, 6.07) is 1.74. The summed E-state index contributed by atoms with van der Waals surface area (Å²) >= 11 is 1.36. The van der Waals surface area contributed by atoms with Crippen LogP contribution in [0.1, 0.15) is 19.2 Å². The van der Waals surface area contributed by atoms with Gasteiger partial charge in [0.05, 0.1) is 5.75 Å². The zero-order valence-electron chi connectivity index (χ0n) is 7.88. The Morgan fingerprint density at radius 2 is 2.21 bits per heavy atom. The van der Waals surface area contributed by atoms with Gasteiger partial charge < -0.3 is 5.11 Å². The van der Waals surface area contributed by atoms with Gasteiger partial charge in [0.15, 0.2) is 0 Å². The Hall–Kier alpha value is -1.10. The number of rotatable bonds is 5. The molecular formula is C9H12N2O2S. The van der Waals surface area contributed by atoms with Gasteiger partial charge in [0.2, 0.25) is 0 Å². The summed E-state index contributed by atoms with van der Waals surface area (Å²) in [5.74, 6) is 0.455. The first-order valence-electron chi connectivity index (χ1n) is 4.34. The highest BCUT2D eigenvalue weighted by Gasteiger charge is 2.15. The highest BCUT2D eigenvalue weighted by Crippen LogP contribution is 2.18. The second kappa shape index (κ2) is 5.59. The van der Waals surface area contributed by atoms with Crippen LogP contribution in [-0.2, 0) is 10.5 Å². The predicted molar refractivity (Wildman–Crippen MR) is 55.0 cm³/mol. The van der Waals surface area contributed by atoms with E-state index in [-0.39, 0.29) is 5.25 Å². The maximum atomic E-state index is 10.7. The minimum atomic E-state index is -0.770. The topological polar surface area (TPSA) is 63.1 Å². The van der Waals surface area contributed by atoms with Crippen LogP contribution in [0.2, 0.25) is 0 Å². The zero-order valence-corrected chi connectivity index (χ0v) is 8.70. The van der Waals surface area contributed by atoms with Crippen molar-refractivity contribution in [1.29, 1.82) is 0 Å². The van der Waals surface area contributed by atoms with E-state index in [0.717, 1.165) is 0 Å². The molecular weight excluding hydrogens is 200 g/mol. The average molecular weight is 212 g/mol. The smallest absolute Gasteiger partial charge is 0.316 e. The molecule has 0 aliphatic heterocycles. The van der Waals surface area contributed by atoms with E-state index in [1.807, 2.05) is 6.92 Å². The number of carbonyl (C=O) groups is 1. The average Bonchev–Trinajstić information content (AvgIpc) is 2.20. The molecule has 1 aromatic rings. The molecule has 0 fully saturated rings.